The number of carbonyl (C=O) groups is 5. The van der Waals surface area contributed by atoms with Crippen molar-refractivity contribution in [3.8, 4) is 0 Å². The zero-order valence-corrected chi connectivity index (χ0v) is 14.5. The van der Waals surface area contributed by atoms with Crippen molar-refractivity contribution in [3.05, 3.63) is 41.6 Å². The Morgan fingerprint density at radius 1 is 1.26 bits per heavy atom. The maximum absolute atomic E-state index is 12.6. The van der Waals surface area contributed by atoms with Crippen molar-refractivity contribution in [2.45, 2.75) is 31.8 Å². The van der Waals surface area contributed by atoms with Crippen molar-refractivity contribution in [2.75, 3.05) is 5.32 Å². The number of rotatable bonds is 6. The van der Waals surface area contributed by atoms with Gasteiger partial charge in [0.25, 0.3) is 11.8 Å². The number of carbonyl (C=O) groups excluding carboxylic acids is 5. The van der Waals surface area contributed by atoms with Crippen LogP contribution in [0.2, 0.25) is 0 Å². The van der Waals surface area contributed by atoms with E-state index in [0.29, 0.717) is 12.1 Å². The minimum atomic E-state index is -0.999. The molecular formula is C18H18N4O5. The van der Waals surface area contributed by atoms with E-state index in [0.717, 1.165) is 16.5 Å². The van der Waals surface area contributed by atoms with Crippen LogP contribution in [0.25, 0.3) is 0 Å². The van der Waals surface area contributed by atoms with Crippen molar-refractivity contribution < 1.29 is 24.0 Å². The summed E-state index contributed by atoms with van der Waals surface area (Å²) in [6, 6.07) is 5.80. The average Bonchev–Trinajstić information content (AvgIpc) is 2.89. The number of piperidine rings is 1. The van der Waals surface area contributed by atoms with Gasteiger partial charge in [0.15, 0.2) is 0 Å². The lowest BCUT2D eigenvalue weighted by Gasteiger charge is -2.28. The highest BCUT2D eigenvalue weighted by Gasteiger charge is 2.42. The van der Waals surface area contributed by atoms with Gasteiger partial charge >= 0.3 is 0 Å². The largest absolute Gasteiger partial charge is 0.352 e. The molecule has 1 fully saturated rings. The first kappa shape index (κ1) is 18.3. The van der Waals surface area contributed by atoms with Crippen molar-refractivity contribution in [2.24, 2.45) is 0 Å². The Kier molecular flexibility index (Phi) is 5.02. The Bertz CT molecular complexity index is 863. The molecule has 2 atom stereocenters. The van der Waals surface area contributed by atoms with E-state index in [1.165, 1.54) is 0 Å². The van der Waals surface area contributed by atoms with Crippen LogP contribution < -0.4 is 16.0 Å². The average molecular weight is 370 g/mol. The number of nitrogens with one attached hydrogen (secondary N) is 3. The Hall–Kier alpha value is -3.49. The van der Waals surface area contributed by atoms with Gasteiger partial charge in [-0.1, -0.05) is 12.1 Å². The van der Waals surface area contributed by atoms with Gasteiger partial charge in [0.1, 0.15) is 11.7 Å². The van der Waals surface area contributed by atoms with Gasteiger partial charge in [-0.3, -0.25) is 34.2 Å². The van der Waals surface area contributed by atoms with Crippen LogP contribution in [0.4, 0.5) is 5.69 Å². The predicted molar refractivity (Wildman–Crippen MR) is 93.8 cm³/mol. The van der Waals surface area contributed by atoms with Gasteiger partial charge in [-0.25, -0.2) is 0 Å². The van der Waals surface area contributed by atoms with E-state index in [9.17, 15) is 24.0 Å². The lowest BCUT2D eigenvalue weighted by Crippen LogP contribution is -2.54. The molecule has 1 saturated heterocycles. The van der Waals surface area contributed by atoms with Crippen LogP contribution in [0, 0.1) is 0 Å². The van der Waals surface area contributed by atoms with E-state index >= 15 is 0 Å². The summed E-state index contributed by atoms with van der Waals surface area (Å²) < 4.78 is 0. The fraction of sp³-hybridized carbons (Fsp3) is 0.278. The third kappa shape index (κ3) is 3.71. The first-order chi connectivity index (χ1) is 12.9. The SMILES string of the molecule is CC(NC=O)c1cccc(NC2=CC(=O)N(C3CCC(=O)NC3=O)C2=O)c1. The maximum Gasteiger partial charge on any atom is 0.278 e. The molecule has 140 valence electrons. The molecule has 1 aromatic carbocycles. The molecule has 2 heterocycles. The fourth-order valence-electron chi connectivity index (χ4n) is 3.04. The molecular weight excluding hydrogens is 352 g/mol. The van der Waals surface area contributed by atoms with E-state index < -0.39 is 29.7 Å². The number of benzene rings is 1. The lowest BCUT2D eigenvalue weighted by molar-refractivity contribution is -0.149. The fourth-order valence-corrected chi connectivity index (χ4v) is 3.04. The van der Waals surface area contributed by atoms with Crippen LogP contribution in [0.3, 0.4) is 0 Å². The topological polar surface area (TPSA) is 125 Å². The van der Waals surface area contributed by atoms with E-state index in [2.05, 4.69) is 16.0 Å². The first-order valence-electron chi connectivity index (χ1n) is 8.40. The van der Waals surface area contributed by atoms with Gasteiger partial charge in [0.2, 0.25) is 18.2 Å². The monoisotopic (exact) mass is 370 g/mol. The van der Waals surface area contributed by atoms with Gasteiger partial charge in [-0.05, 0) is 31.0 Å². The van der Waals surface area contributed by atoms with E-state index in [1.807, 2.05) is 13.0 Å². The zero-order chi connectivity index (χ0) is 19.6. The molecule has 9 nitrogen and oxygen atoms in total. The summed E-state index contributed by atoms with van der Waals surface area (Å²) in [7, 11) is 0. The van der Waals surface area contributed by atoms with Crippen molar-refractivity contribution in [1.82, 2.24) is 15.5 Å². The molecule has 0 spiro atoms. The molecule has 2 unspecified atom stereocenters. The molecule has 0 aromatic heterocycles. The molecule has 0 bridgehead atoms. The quantitative estimate of drug-likeness (QED) is 0.477. The third-order valence-electron chi connectivity index (χ3n) is 4.46. The molecule has 2 aliphatic heterocycles. The van der Waals surface area contributed by atoms with Gasteiger partial charge in [0.05, 0.1) is 6.04 Å². The number of amides is 5. The van der Waals surface area contributed by atoms with E-state index in [-0.39, 0.29) is 24.6 Å². The summed E-state index contributed by atoms with van der Waals surface area (Å²) >= 11 is 0. The number of nitrogens with zero attached hydrogens (tertiary/aromatic N) is 1. The first-order valence-corrected chi connectivity index (χ1v) is 8.40. The summed E-state index contributed by atoms with van der Waals surface area (Å²) in [4.78, 5) is 59.6. The number of imide groups is 2. The summed E-state index contributed by atoms with van der Waals surface area (Å²) in [5.41, 5.74) is 1.41. The Balaban J connectivity index is 1.75. The normalized spacial score (nSPS) is 20.9. The highest BCUT2D eigenvalue weighted by atomic mass is 16.2. The van der Waals surface area contributed by atoms with E-state index in [4.69, 9.17) is 0 Å². The molecule has 1 aromatic rings. The predicted octanol–water partition coefficient (Wildman–Crippen LogP) is -0.0366. The highest BCUT2D eigenvalue weighted by Crippen LogP contribution is 2.24. The molecule has 27 heavy (non-hydrogen) atoms. The maximum atomic E-state index is 12.6. The van der Waals surface area contributed by atoms with Crippen LogP contribution in [-0.2, 0) is 24.0 Å². The third-order valence-corrected chi connectivity index (χ3v) is 4.46. The summed E-state index contributed by atoms with van der Waals surface area (Å²) in [5, 5.41) is 7.66. The van der Waals surface area contributed by atoms with Gasteiger partial charge in [-0.15, -0.1) is 0 Å². The minimum absolute atomic E-state index is 0.0397. The number of hydrogen-bond acceptors (Lipinski definition) is 6. The van der Waals surface area contributed by atoms with Crippen LogP contribution in [0.1, 0.15) is 31.4 Å². The second-order valence-electron chi connectivity index (χ2n) is 6.29. The van der Waals surface area contributed by atoms with Crippen LogP contribution in [-0.4, -0.2) is 41.0 Å². The molecule has 5 amide bonds. The van der Waals surface area contributed by atoms with Crippen LogP contribution in [0.5, 0.6) is 0 Å². The van der Waals surface area contributed by atoms with E-state index in [1.54, 1.807) is 18.2 Å². The molecule has 9 heteroatoms. The molecule has 0 radical (unpaired) electrons. The summed E-state index contributed by atoms with van der Waals surface area (Å²) in [6.45, 7) is 1.81. The summed E-state index contributed by atoms with van der Waals surface area (Å²) in [5.74, 6) is -2.31. The Morgan fingerprint density at radius 3 is 2.74 bits per heavy atom. The Morgan fingerprint density at radius 2 is 2.04 bits per heavy atom. The molecule has 0 saturated carbocycles. The molecule has 2 aliphatic rings. The van der Waals surface area contributed by atoms with Gasteiger partial charge < -0.3 is 10.6 Å². The second kappa shape index (κ2) is 7.40. The van der Waals surface area contributed by atoms with Crippen molar-refractivity contribution in [3.63, 3.8) is 0 Å². The second-order valence-corrected chi connectivity index (χ2v) is 6.29. The highest BCUT2D eigenvalue weighted by molar-refractivity contribution is 6.20. The molecule has 3 N–H and O–H groups in total. The van der Waals surface area contributed by atoms with Crippen LogP contribution in [0.15, 0.2) is 36.0 Å². The van der Waals surface area contributed by atoms with Crippen molar-refractivity contribution in [1.29, 1.82) is 0 Å². The molecule has 0 aliphatic carbocycles. The smallest absolute Gasteiger partial charge is 0.278 e. The van der Waals surface area contributed by atoms with Crippen molar-refractivity contribution >= 4 is 35.7 Å². The van der Waals surface area contributed by atoms with Crippen LogP contribution >= 0.6 is 0 Å². The standard InChI is InChI=1S/C18H18N4O5/c1-10(19-9-23)11-3-2-4-12(7-11)20-13-8-16(25)22(18(13)27)14-5-6-15(24)21-17(14)26/h2-4,7-10,14,20H,5-6H2,1H3,(H,19,23)(H,21,24,26). The van der Waals surface area contributed by atoms with Gasteiger partial charge in [-0.2, -0.15) is 0 Å². The molecule has 3 rings (SSSR count). The summed E-state index contributed by atoms with van der Waals surface area (Å²) in [6.07, 6.45) is 1.91. The van der Waals surface area contributed by atoms with Gasteiger partial charge in [0, 0.05) is 18.2 Å². The zero-order valence-electron chi connectivity index (χ0n) is 14.5. The number of anilines is 1. The Labute approximate surface area is 154 Å². The minimum Gasteiger partial charge on any atom is -0.352 e. The number of hydrogen-bond donors (Lipinski definition) is 3. The lowest BCUT2D eigenvalue weighted by atomic mass is 10.0.